The van der Waals surface area contributed by atoms with E-state index < -0.39 is 5.97 Å². The van der Waals surface area contributed by atoms with Crippen LogP contribution in [0.2, 0.25) is 0 Å². The van der Waals surface area contributed by atoms with E-state index in [1.165, 1.54) is 11.5 Å². The number of nitrogens with zero attached hydrogens (tertiary/aromatic N) is 2. The summed E-state index contributed by atoms with van der Waals surface area (Å²) in [4.78, 5) is 15.4. The molecule has 0 spiro atoms. The van der Waals surface area contributed by atoms with E-state index in [1.54, 1.807) is 11.8 Å². The zero-order valence-electron chi connectivity index (χ0n) is 9.05. The van der Waals surface area contributed by atoms with Crippen molar-refractivity contribution in [3.63, 3.8) is 0 Å². The van der Waals surface area contributed by atoms with Gasteiger partial charge < -0.3 is 5.11 Å². The predicted octanol–water partition coefficient (Wildman–Crippen LogP) is 2.58. The first-order valence-corrected chi connectivity index (χ1v) is 7.02. The van der Waals surface area contributed by atoms with E-state index in [9.17, 15) is 4.79 Å². The summed E-state index contributed by atoms with van der Waals surface area (Å²) in [5, 5.41) is 9.31. The van der Waals surface area contributed by atoms with E-state index in [2.05, 4.69) is 9.36 Å². The quantitative estimate of drug-likeness (QED) is 0.902. The first-order valence-electron chi connectivity index (χ1n) is 5.36. The minimum atomic E-state index is -0.668. The third-order valence-electron chi connectivity index (χ3n) is 2.78. The third-order valence-corrected chi connectivity index (χ3v) is 5.06. The highest BCUT2D eigenvalue weighted by molar-refractivity contribution is 8.01. The summed E-state index contributed by atoms with van der Waals surface area (Å²) in [7, 11) is 0. The van der Waals surface area contributed by atoms with Crippen LogP contribution in [0.5, 0.6) is 0 Å². The Kier molecular flexibility index (Phi) is 3.81. The van der Waals surface area contributed by atoms with Gasteiger partial charge in [0.05, 0.1) is 5.92 Å². The van der Waals surface area contributed by atoms with Gasteiger partial charge in [-0.2, -0.15) is 4.37 Å². The van der Waals surface area contributed by atoms with Crippen molar-refractivity contribution in [2.45, 2.75) is 42.2 Å². The highest BCUT2D eigenvalue weighted by atomic mass is 32.2. The summed E-state index contributed by atoms with van der Waals surface area (Å²) in [5.74, 6) is -0.114. The van der Waals surface area contributed by atoms with Crippen molar-refractivity contribution in [2.24, 2.45) is 5.92 Å². The number of hydrogen-bond acceptors (Lipinski definition) is 5. The van der Waals surface area contributed by atoms with Gasteiger partial charge in [0.1, 0.15) is 5.82 Å². The van der Waals surface area contributed by atoms with E-state index in [1.807, 2.05) is 6.92 Å². The molecule has 0 saturated heterocycles. The third kappa shape index (κ3) is 2.74. The van der Waals surface area contributed by atoms with E-state index in [0.29, 0.717) is 0 Å². The van der Waals surface area contributed by atoms with Gasteiger partial charge in [0, 0.05) is 5.25 Å². The summed E-state index contributed by atoms with van der Waals surface area (Å²) in [5.41, 5.74) is 0. The van der Waals surface area contributed by atoms with Crippen molar-refractivity contribution < 1.29 is 9.90 Å². The Hall–Kier alpha value is -0.620. The molecule has 2 rings (SSSR count). The zero-order chi connectivity index (χ0) is 11.5. The number of rotatable bonds is 3. The largest absolute Gasteiger partial charge is 0.481 e. The van der Waals surface area contributed by atoms with Crippen molar-refractivity contribution in [1.29, 1.82) is 0 Å². The van der Waals surface area contributed by atoms with Crippen molar-refractivity contribution in [3.05, 3.63) is 5.82 Å². The Balaban J connectivity index is 2.03. The smallest absolute Gasteiger partial charge is 0.307 e. The van der Waals surface area contributed by atoms with Gasteiger partial charge >= 0.3 is 5.97 Å². The van der Waals surface area contributed by atoms with Crippen LogP contribution >= 0.6 is 23.3 Å². The lowest BCUT2D eigenvalue weighted by Gasteiger charge is -2.26. The molecule has 1 aromatic rings. The Morgan fingerprint density at radius 3 is 2.88 bits per heavy atom. The Morgan fingerprint density at radius 1 is 1.50 bits per heavy atom. The van der Waals surface area contributed by atoms with E-state index >= 15 is 0 Å². The normalized spacial score (nSPS) is 25.6. The van der Waals surface area contributed by atoms with Crippen LogP contribution in [0.15, 0.2) is 4.34 Å². The standard InChI is InChI=1S/C10H14N2O2S2/c1-6-11-10(16-12-6)15-8-5-3-2-4-7(8)9(13)14/h7-8H,2-5H2,1H3,(H,13,14). The molecule has 1 aliphatic rings. The van der Waals surface area contributed by atoms with Crippen LogP contribution in [0.3, 0.4) is 0 Å². The second-order valence-corrected chi connectivity index (χ2v) is 6.23. The van der Waals surface area contributed by atoms with E-state index in [0.717, 1.165) is 35.8 Å². The molecule has 0 radical (unpaired) electrons. The number of carboxylic acids is 1. The maximum absolute atomic E-state index is 11.1. The predicted molar refractivity (Wildman–Crippen MR) is 63.9 cm³/mol. The lowest BCUT2D eigenvalue weighted by Crippen LogP contribution is -2.28. The van der Waals surface area contributed by atoms with Gasteiger partial charge in [-0.15, -0.1) is 0 Å². The summed E-state index contributed by atoms with van der Waals surface area (Å²) in [6.45, 7) is 1.86. The van der Waals surface area contributed by atoms with Gasteiger partial charge in [0.15, 0.2) is 4.34 Å². The zero-order valence-corrected chi connectivity index (χ0v) is 10.7. The SMILES string of the molecule is Cc1nsc(SC2CCCCC2C(=O)O)n1. The monoisotopic (exact) mass is 258 g/mol. The van der Waals surface area contributed by atoms with Gasteiger partial charge in [-0.3, -0.25) is 4.79 Å². The van der Waals surface area contributed by atoms with Gasteiger partial charge in [0.25, 0.3) is 0 Å². The molecule has 1 aliphatic carbocycles. The Bertz CT molecular complexity index is 381. The number of carboxylic acid groups (broad SMARTS) is 1. The van der Waals surface area contributed by atoms with E-state index in [-0.39, 0.29) is 11.2 Å². The fraction of sp³-hybridized carbons (Fsp3) is 0.700. The number of hydrogen-bond donors (Lipinski definition) is 1. The molecule has 1 fully saturated rings. The van der Waals surface area contributed by atoms with Crippen molar-refractivity contribution in [1.82, 2.24) is 9.36 Å². The topological polar surface area (TPSA) is 63.1 Å². The van der Waals surface area contributed by atoms with Gasteiger partial charge in [0.2, 0.25) is 0 Å². The molecule has 1 heterocycles. The highest BCUT2D eigenvalue weighted by Gasteiger charge is 2.32. The number of aryl methyl sites for hydroxylation is 1. The van der Waals surface area contributed by atoms with Crippen molar-refractivity contribution in [3.8, 4) is 0 Å². The Morgan fingerprint density at radius 2 is 2.25 bits per heavy atom. The molecule has 0 bridgehead atoms. The summed E-state index contributed by atoms with van der Waals surface area (Å²) in [6.07, 6.45) is 3.92. The van der Waals surface area contributed by atoms with Crippen LogP contribution in [0.25, 0.3) is 0 Å². The molecular weight excluding hydrogens is 244 g/mol. The molecule has 1 saturated carbocycles. The highest BCUT2D eigenvalue weighted by Crippen LogP contribution is 2.38. The molecule has 0 aliphatic heterocycles. The number of carbonyl (C=O) groups is 1. The van der Waals surface area contributed by atoms with Crippen LogP contribution in [0.4, 0.5) is 0 Å². The Labute approximate surface area is 103 Å². The first-order chi connectivity index (χ1) is 7.66. The van der Waals surface area contributed by atoms with Crippen LogP contribution in [0, 0.1) is 12.8 Å². The molecule has 2 unspecified atom stereocenters. The molecule has 0 aromatic carbocycles. The molecule has 1 N–H and O–H groups in total. The minimum absolute atomic E-state index is 0.165. The second kappa shape index (κ2) is 5.14. The van der Waals surface area contributed by atoms with E-state index in [4.69, 9.17) is 5.11 Å². The molecule has 1 aromatic heterocycles. The average Bonchev–Trinajstić information content (AvgIpc) is 2.64. The maximum Gasteiger partial charge on any atom is 0.307 e. The van der Waals surface area contributed by atoms with Crippen LogP contribution < -0.4 is 0 Å². The fourth-order valence-corrected chi connectivity index (χ4v) is 4.20. The molecule has 16 heavy (non-hydrogen) atoms. The lowest BCUT2D eigenvalue weighted by molar-refractivity contribution is -0.142. The van der Waals surface area contributed by atoms with Crippen molar-refractivity contribution >= 4 is 29.3 Å². The summed E-state index contributed by atoms with van der Waals surface area (Å²) in [6, 6.07) is 0. The molecule has 2 atom stereocenters. The fourth-order valence-electron chi connectivity index (χ4n) is 1.98. The minimum Gasteiger partial charge on any atom is -0.481 e. The number of thioether (sulfide) groups is 1. The van der Waals surface area contributed by atoms with Gasteiger partial charge in [-0.25, -0.2) is 4.98 Å². The van der Waals surface area contributed by atoms with Crippen LogP contribution in [-0.2, 0) is 4.79 Å². The maximum atomic E-state index is 11.1. The molecule has 4 nitrogen and oxygen atoms in total. The van der Waals surface area contributed by atoms with Crippen LogP contribution in [0.1, 0.15) is 31.5 Å². The van der Waals surface area contributed by atoms with Gasteiger partial charge in [-0.1, -0.05) is 24.6 Å². The van der Waals surface area contributed by atoms with Crippen molar-refractivity contribution in [2.75, 3.05) is 0 Å². The molecule has 0 amide bonds. The molecule has 88 valence electrons. The number of aliphatic carboxylic acids is 1. The number of aromatic nitrogens is 2. The summed E-state index contributed by atoms with van der Waals surface area (Å²) < 4.78 is 5.01. The lowest BCUT2D eigenvalue weighted by atomic mass is 9.89. The molecule has 6 heteroatoms. The first kappa shape index (κ1) is 11.9. The summed E-state index contributed by atoms with van der Waals surface area (Å²) >= 11 is 2.95. The van der Waals surface area contributed by atoms with Crippen LogP contribution in [-0.4, -0.2) is 25.7 Å². The average molecular weight is 258 g/mol. The molecular formula is C10H14N2O2S2. The second-order valence-electron chi connectivity index (χ2n) is 3.99. The van der Waals surface area contributed by atoms with Gasteiger partial charge in [-0.05, 0) is 31.3 Å².